The number of hydrogen-bond acceptors (Lipinski definition) is 6. The van der Waals surface area contributed by atoms with Crippen molar-refractivity contribution in [2.24, 2.45) is 0 Å². The van der Waals surface area contributed by atoms with Crippen LogP contribution in [-0.4, -0.2) is 27.4 Å². The van der Waals surface area contributed by atoms with E-state index in [1.807, 2.05) is 43.0 Å². The highest BCUT2D eigenvalue weighted by molar-refractivity contribution is 7.20. The predicted octanol–water partition coefficient (Wildman–Crippen LogP) is 4.56. The number of carbonyl (C=O) groups is 1. The van der Waals surface area contributed by atoms with E-state index in [2.05, 4.69) is 15.0 Å². The molecule has 4 aromatic rings. The number of aryl methyl sites for hydroxylation is 3. The number of nitrogens with zero attached hydrogens (tertiary/aromatic N) is 4. The van der Waals surface area contributed by atoms with Gasteiger partial charge in [-0.3, -0.25) is 9.78 Å². The number of thiophene rings is 1. The van der Waals surface area contributed by atoms with Crippen molar-refractivity contribution in [1.82, 2.24) is 15.0 Å². The summed E-state index contributed by atoms with van der Waals surface area (Å²) in [5, 5.41) is 0.951. The summed E-state index contributed by atoms with van der Waals surface area (Å²) in [5.41, 5.74) is 3.68. The first-order valence-corrected chi connectivity index (χ1v) is 10.0. The molecule has 0 aromatic carbocycles. The van der Waals surface area contributed by atoms with E-state index in [-0.39, 0.29) is 5.91 Å². The van der Waals surface area contributed by atoms with Crippen LogP contribution in [0.5, 0.6) is 0 Å². The van der Waals surface area contributed by atoms with Gasteiger partial charge in [-0.2, -0.15) is 0 Å². The molecule has 0 radical (unpaired) electrons. The Balaban J connectivity index is 1.61. The Kier molecular flexibility index (Phi) is 3.98. The number of rotatable bonds is 2. The molecule has 1 aliphatic heterocycles. The first-order chi connectivity index (χ1) is 13.6. The van der Waals surface area contributed by atoms with Crippen LogP contribution < -0.4 is 4.90 Å². The Morgan fingerprint density at radius 2 is 2.11 bits per heavy atom. The Hall–Kier alpha value is -3.06. The molecule has 5 heterocycles. The molecule has 28 heavy (non-hydrogen) atoms. The molecule has 4 aromatic heterocycles. The molecule has 0 N–H and O–H groups in total. The zero-order chi connectivity index (χ0) is 19.3. The van der Waals surface area contributed by atoms with Crippen LogP contribution in [0.2, 0.25) is 0 Å². The number of fused-ring (bicyclic) bond motifs is 2. The van der Waals surface area contributed by atoms with Gasteiger partial charge in [0.1, 0.15) is 4.83 Å². The van der Waals surface area contributed by atoms with Gasteiger partial charge in [-0.15, -0.1) is 11.3 Å². The molecule has 1 aliphatic rings. The van der Waals surface area contributed by atoms with Gasteiger partial charge in [0.15, 0.2) is 11.6 Å². The summed E-state index contributed by atoms with van der Waals surface area (Å²) >= 11 is 1.42. The van der Waals surface area contributed by atoms with E-state index < -0.39 is 0 Å². The van der Waals surface area contributed by atoms with Gasteiger partial charge in [-0.1, -0.05) is 0 Å². The minimum Gasteiger partial charge on any atom is -0.461 e. The Bertz CT molecular complexity index is 1200. The van der Waals surface area contributed by atoms with Gasteiger partial charge < -0.3 is 9.32 Å². The van der Waals surface area contributed by atoms with E-state index in [4.69, 9.17) is 4.42 Å². The SMILES string of the molecule is Cc1nc(-c2ccco2)nc2sc(C(=O)N3CCCc4ncccc43)c(C)c12. The second kappa shape index (κ2) is 6.53. The highest BCUT2D eigenvalue weighted by Crippen LogP contribution is 2.35. The van der Waals surface area contributed by atoms with Crippen LogP contribution in [0.4, 0.5) is 5.69 Å². The third kappa shape index (κ3) is 2.62. The second-order valence-electron chi connectivity index (χ2n) is 6.88. The van der Waals surface area contributed by atoms with Gasteiger partial charge in [0.2, 0.25) is 0 Å². The number of pyridine rings is 1. The molecule has 0 bridgehead atoms. The molecule has 0 spiro atoms. The van der Waals surface area contributed by atoms with Crippen LogP contribution >= 0.6 is 11.3 Å². The standard InChI is InChI=1S/C21H18N4O2S/c1-12-17-13(2)23-19(16-8-5-11-27-16)24-20(17)28-18(12)21(26)25-10-4-6-14-15(25)7-3-9-22-14/h3,5,7-9,11H,4,6,10H2,1-2H3. The van der Waals surface area contributed by atoms with Crippen LogP contribution in [0.25, 0.3) is 21.8 Å². The topological polar surface area (TPSA) is 72.1 Å². The molecule has 5 rings (SSSR count). The van der Waals surface area contributed by atoms with Gasteiger partial charge >= 0.3 is 0 Å². The van der Waals surface area contributed by atoms with Crippen molar-refractivity contribution in [3.8, 4) is 11.6 Å². The van der Waals surface area contributed by atoms with Gasteiger partial charge in [0.05, 0.1) is 28.2 Å². The van der Waals surface area contributed by atoms with Crippen LogP contribution in [0.3, 0.4) is 0 Å². The van der Waals surface area contributed by atoms with Crippen molar-refractivity contribution in [1.29, 1.82) is 0 Å². The van der Waals surface area contributed by atoms with Gasteiger partial charge in [0.25, 0.3) is 5.91 Å². The minimum absolute atomic E-state index is 0.00778. The van der Waals surface area contributed by atoms with Crippen LogP contribution in [0.1, 0.15) is 33.0 Å². The van der Waals surface area contributed by atoms with Crippen molar-refractivity contribution in [3.05, 3.63) is 58.6 Å². The number of amides is 1. The van der Waals surface area contributed by atoms with E-state index in [0.29, 0.717) is 23.0 Å². The Morgan fingerprint density at radius 3 is 2.93 bits per heavy atom. The minimum atomic E-state index is 0.00778. The number of carbonyl (C=O) groups excluding carboxylic acids is 1. The number of furan rings is 1. The molecule has 7 heteroatoms. The lowest BCUT2D eigenvalue weighted by Gasteiger charge is -2.28. The lowest BCUT2D eigenvalue weighted by Crippen LogP contribution is -2.35. The fourth-order valence-corrected chi connectivity index (χ4v) is 4.97. The maximum atomic E-state index is 13.4. The molecule has 0 saturated carbocycles. The monoisotopic (exact) mass is 390 g/mol. The lowest BCUT2D eigenvalue weighted by atomic mass is 10.1. The summed E-state index contributed by atoms with van der Waals surface area (Å²) in [7, 11) is 0. The van der Waals surface area contributed by atoms with E-state index in [1.54, 1.807) is 12.5 Å². The van der Waals surface area contributed by atoms with Gasteiger partial charge in [0, 0.05) is 18.1 Å². The van der Waals surface area contributed by atoms with Crippen molar-refractivity contribution < 1.29 is 9.21 Å². The first-order valence-electron chi connectivity index (χ1n) is 9.21. The van der Waals surface area contributed by atoms with E-state index in [9.17, 15) is 4.79 Å². The molecule has 0 aliphatic carbocycles. The smallest absolute Gasteiger partial charge is 0.268 e. The zero-order valence-electron chi connectivity index (χ0n) is 15.6. The molecule has 6 nitrogen and oxygen atoms in total. The van der Waals surface area contributed by atoms with E-state index in [1.165, 1.54) is 11.3 Å². The quantitative estimate of drug-likeness (QED) is 0.502. The normalized spacial score (nSPS) is 13.7. The molecule has 0 fully saturated rings. The van der Waals surface area contributed by atoms with E-state index in [0.717, 1.165) is 45.7 Å². The van der Waals surface area contributed by atoms with Crippen molar-refractivity contribution in [2.75, 3.05) is 11.4 Å². The first kappa shape index (κ1) is 17.1. The van der Waals surface area contributed by atoms with Gasteiger partial charge in [-0.25, -0.2) is 9.97 Å². The molecular weight excluding hydrogens is 372 g/mol. The highest BCUT2D eigenvalue weighted by Gasteiger charge is 2.28. The third-order valence-corrected chi connectivity index (χ3v) is 6.28. The number of hydrogen-bond donors (Lipinski definition) is 0. The average Bonchev–Trinajstić information content (AvgIpc) is 3.35. The fourth-order valence-electron chi connectivity index (χ4n) is 3.79. The Labute approximate surface area is 165 Å². The number of aromatic nitrogens is 3. The summed E-state index contributed by atoms with van der Waals surface area (Å²) in [6.07, 6.45) is 5.21. The summed E-state index contributed by atoms with van der Waals surface area (Å²) in [5.74, 6) is 1.18. The van der Waals surface area contributed by atoms with E-state index >= 15 is 0 Å². The molecule has 0 unspecified atom stereocenters. The van der Waals surface area contributed by atoms with Crippen LogP contribution in [-0.2, 0) is 6.42 Å². The maximum absolute atomic E-state index is 13.4. The van der Waals surface area contributed by atoms with Gasteiger partial charge in [-0.05, 0) is 56.5 Å². The second-order valence-corrected chi connectivity index (χ2v) is 7.87. The molecule has 1 amide bonds. The van der Waals surface area contributed by atoms with Crippen molar-refractivity contribution in [2.45, 2.75) is 26.7 Å². The predicted molar refractivity (Wildman–Crippen MR) is 109 cm³/mol. The maximum Gasteiger partial charge on any atom is 0.268 e. The molecule has 140 valence electrons. The largest absolute Gasteiger partial charge is 0.461 e. The highest BCUT2D eigenvalue weighted by atomic mass is 32.1. The van der Waals surface area contributed by atoms with Crippen LogP contribution in [0.15, 0.2) is 41.1 Å². The average molecular weight is 390 g/mol. The van der Waals surface area contributed by atoms with Crippen molar-refractivity contribution in [3.63, 3.8) is 0 Å². The summed E-state index contributed by atoms with van der Waals surface area (Å²) < 4.78 is 5.44. The fraction of sp³-hybridized carbons (Fsp3) is 0.238. The Morgan fingerprint density at radius 1 is 1.21 bits per heavy atom. The third-order valence-electron chi connectivity index (χ3n) is 5.10. The zero-order valence-corrected chi connectivity index (χ0v) is 16.4. The summed E-state index contributed by atoms with van der Waals surface area (Å²) in [4.78, 5) is 30.5. The van der Waals surface area contributed by atoms with Crippen molar-refractivity contribution >= 4 is 33.1 Å². The molecular formula is C21H18N4O2S. The lowest BCUT2D eigenvalue weighted by molar-refractivity contribution is 0.0988. The summed E-state index contributed by atoms with van der Waals surface area (Å²) in [6, 6.07) is 7.51. The van der Waals surface area contributed by atoms with Crippen LogP contribution in [0, 0.1) is 13.8 Å². The molecule has 0 atom stereocenters. The number of anilines is 1. The summed E-state index contributed by atoms with van der Waals surface area (Å²) in [6.45, 7) is 4.63. The molecule has 0 saturated heterocycles.